The molecule has 0 bridgehead atoms. The number of amides is 1. The minimum Gasteiger partial charge on any atom is -0.451 e. The number of esters is 1. The number of rotatable bonds is 3. The molecule has 1 saturated carbocycles. The van der Waals surface area contributed by atoms with Crippen molar-refractivity contribution in [3.8, 4) is 0 Å². The third-order valence-corrected chi connectivity index (χ3v) is 5.86. The first-order valence-corrected chi connectivity index (χ1v) is 9.56. The summed E-state index contributed by atoms with van der Waals surface area (Å²) >= 11 is 0. The summed E-state index contributed by atoms with van der Waals surface area (Å²) in [6.07, 6.45) is 6.03. The Labute approximate surface area is 156 Å². The molecular formula is C20H23N3O4. The van der Waals surface area contributed by atoms with Gasteiger partial charge in [-0.3, -0.25) is 9.59 Å². The van der Waals surface area contributed by atoms with Gasteiger partial charge in [-0.2, -0.15) is 5.10 Å². The number of fused-ring (bicyclic) bond motifs is 2. The van der Waals surface area contributed by atoms with Crippen molar-refractivity contribution < 1.29 is 14.3 Å². The molecule has 1 amide bonds. The van der Waals surface area contributed by atoms with Crippen molar-refractivity contribution in [2.75, 3.05) is 19.7 Å². The second-order valence-corrected chi connectivity index (χ2v) is 7.46. The number of ether oxygens (including phenoxy) is 1. The van der Waals surface area contributed by atoms with Crippen LogP contribution in [0.5, 0.6) is 0 Å². The molecular weight excluding hydrogens is 346 g/mol. The van der Waals surface area contributed by atoms with Crippen LogP contribution >= 0.6 is 0 Å². The molecule has 1 aromatic carbocycles. The number of benzene rings is 1. The van der Waals surface area contributed by atoms with Crippen LogP contribution in [0.4, 0.5) is 0 Å². The molecule has 2 atom stereocenters. The van der Waals surface area contributed by atoms with Crippen LogP contribution in [0.2, 0.25) is 0 Å². The molecule has 7 nitrogen and oxygen atoms in total. The standard InChI is InChI=1S/C20H23N3O4/c24-17(23-10-9-13-5-1-2-6-14(13)11-23)12-27-20(26)18-15-7-3-4-8-16(15)19(25)22-21-18/h3-4,7-8,13-14H,1-2,5-6,9-12H2,(H,22,25)/t13-,14+/m1/s1. The van der Waals surface area contributed by atoms with E-state index in [9.17, 15) is 14.4 Å². The van der Waals surface area contributed by atoms with Crippen LogP contribution in [0.3, 0.4) is 0 Å². The van der Waals surface area contributed by atoms with Gasteiger partial charge in [0.25, 0.3) is 11.5 Å². The zero-order valence-electron chi connectivity index (χ0n) is 15.1. The average Bonchev–Trinajstić information content (AvgIpc) is 2.72. The van der Waals surface area contributed by atoms with Gasteiger partial charge in [0.05, 0.1) is 5.39 Å². The predicted molar refractivity (Wildman–Crippen MR) is 99.3 cm³/mol. The minimum absolute atomic E-state index is 0.0176. The third-order valence-electron chi connectivity index (χ3n) is 5.86. The van der Waals surface area contributed by atoms with Gasteiger partial charge < -0.3 is 9.64 Å². The van der Waals surface area contributed by atoms with Gasteiger partial charge in [-0.05, 0) is 30.7 Å². The number of carbonyl (C=O) groups is 2. The highest BCUT2D eigenvalue weighted by Crippen LogP contribution is 2.36. The van der Waals surface area contributed by atoms with Crippen LogP contribution in [-0.4, -0.2) is 46.7 Å². The zero-order valence-corrected chi connectivity index (χ0v) is 15.1. The minimum atomic E-state index is -0.705. The number of carbonyl (C=O) groups excluding carboxylic acids is 2. The van der Waals surface area contributed by atoms with Gasteiger partial charge >= 0.3 is 5.97 Å². The van der Waals surface area contributed by atoms with Crippen LogP contribution in [0.1, 0.15) is 42.6 Å². The summed E-state index contributed by atoms with van der Waals surface area (Å²) in [6.45, 7) is 1.20. The summed E-state index contributed by atoms with van der Waals surface area (Å²) in [5.74, 6) is 0.448. The molecule has 7 heteroatoms. The van der Waals surface area contributed by atoms with Crippen molar-refractivity contribution in [3.05, 3.63) is 40.3 Å². The Bertz CT molecular complexity index is 923. The van der Waals surface area contributed by atoms with E-state index in [1.165, 1.54) is 25.7 Å². The maximum atomic E-state index is 12.5. The van der Waals surface area contributed by atoms with Crippen LogP contribution in [-0.2, 0) is 9.53 Å². The largest absolute Gasteiger partial charge is 0.451 e. The van der Waals surface area contributed by atoms with Gasteiger partial charge in [0, 0.05) is 18.5 Å². The first-order valence-electron chi connectivity index (χ1n) is 9.56. The van der Waals surface area contributed by atoms with Gasteiger partial charge in [0.15, 0.2) is 12.3 Å². The van der Waals surface area contributed by atoms with E-state index in [2.05, 4.69) is 10.2 Å². The van der Waals surface area contributed by atoms with E-state index >= 15 is 0 Å². The molecule has 27 heavy (non-hydrogen) atoms. The van der Waals surface area contributed by atoms with Gasteiger partial charge in [-0.15, -0.1) is 0 Å². The number of piperidine rings is 1. The molecule has 0 radical (unpaired) electrons. The van der Waals surface area contributed by atoms with Crippen molar-refractivity contribution in [2.45, 2.75) is 32.1 Å². The predicted octanol–water partition coefficient (Wildman–Crippen LogP) is 2.12. The fraction of sp³-hybridized carbons (Fsp3) is 0.500. The summed E-state index contributed by atoms with van der Waals surface area (Å²) in [5.41, 5.74) is -0.349. The smallest absolute Gasteiger partial charge is 0.359 e. The van der Waals surface area contributed by atoms with Crippen molar-refractivity contribution in [3.63, 3.8) is 0 Å². The topological polar surface area (TPSA) is 92.4 Å². The maximum Gasteiger partial charge on any atom is 0.359 e. The van der Waals surface area contributed by atoms with E-state index in [1.807, 2.05) is 4.90 Å². The Morgan fingerprint density at radius 1 is 1.11 bits per heavy atom. The summed E-state index contributed by atoms with van der Waals surface area (Å²) in [7, 11) is 0. The second kappa shape index (κ2) is 7.50. The molecule has 2 heterocycles. The number of hydrogen-bond acceptors (Lipinski definition) is 5. The normalized spacial score (nSPS) is 22.3. The fourth-order valence-corrected chi connectivity index (χ4v) is 4.38. The molecule has 2 aromatic rings. The van der Waals surface area contributed by atoms with Crippen molar-refractivity contribution in [1.82, 2.24) is 15.1 Å². The van der Waals surface area contributed by atoms with Gasteiger partial charge in [0.1, 0.15) is 0 Å². The summed E-state index contributed by atoms with van der Waals surface area (Å²) in [5, 5.41) is 6.90. The van der Waals surface area contributed by atoms with Crippen molar-refractivity contribution in [1.29, 1.82) is 0 Å². The highest BCUT2D eigenvalue weighted by molar-refractivity contribution is 6.02. The maximum absolute atomic E-state index is 12.5. The van der Waals surface area contributed by atoms with E-state index in [4.69, 9.17) is 4.74 Å². The van der Waals surface area contributed by atoms with Gasteiger partial charge in [-0.25, -0.2) is 9.89 Å². The Hall–Kier alpha value is -2.70. The molecule has 1 saturated heterocycles. The Morgan fingerprint density at radius 3 is 2.67 bits per heavy atom. The molecule has 1 aromatic heterocycles. The SMILES string of the molecule is O=C(OCC(=O)N1CC[C@H]2CCCC[C@H]2C1)c1n[nH]c(=O)c2ccccc12. The lowest BCUT2D eigenvalue weighted by Gasteiger charge is -2.41. The lowest BCUT2D eigenvalue weighted by atomic mass is 9.75. The van der Waals surface area contributed by atoms with E-state index in [0.29, 0.717) is 16.7 Å². The Kier molecular flexibility index (Phi) is 4.92. The summed E-state index contributed by atoms with van der Waals surface area (Å²) in [4.78, 5) is 38.5. The molecule has 0 unspecified atom stereocenters. The molecule has 0 spiro atoms. The number of hydrogen-bond donors (Lipinski definition) is 1. The molecule has 1 N–H and O–H groups in total. The monoisotopic (exact) mass is 369 g/mol. The highest BCUT2D eigenvalue weighted by Gasteiger charge is 2.33. The van der Waals surface area contributed by atoms with Gasteiger partial charge in [0.2, 0.25) is 0 Å². The van der Waals surface area contributed by atoms with E-state index in [-0.39, 0.29) is 23.8 Å². The fourth-order valence-electron chi connectivity index (χ4n) is 4.38. The molecule has 2 aliphatic rings. The van der Waals surface area contributed by atoms with Crippen LogP contribution in [0.15, 0.2) is 29.1 Å². The van der Waals surface area contributed by atoms with E-state index in [0.717, 1.165) is 25.4 Å². The first kappa shape index (κ1) is 17.7. The average molecular weight is 369 g/mol. The van der Waals surface area contributed by atoms with Crippen LogP contribution in [0.25, 0.3) is 10.8 Å². The number of nitrogens with one attached hydrogen (secondary N) is 1. The second-order valence-electron chi connectivity index (χ2n) is 7.46. The van der Waals surface area contributed by atoms with Crippen LogP contribution in [0, 0.1) is 11.8 Å². The summed E-state index contributed by atoms with van der Waals surface area (Å²) < 4.78 is 5.21. The van der Waals surface area contributed by atoms with Crippen LogP contribution < -0.4 is 5.56 Å². The first-order chi connectivity index (χ1) is 13.1. The zero-order chi connectivity index (χ0) is 18.8. The lowest BCUT2D eigenvalue weighted by Crippen LogP contribution is -2.46. The molecule has 1 aliphatic heterocycles. The molecule has 4 rings (SSSR count). The van der Waals surface area contributed by atoms with E-state index in [1.54, 1.807) is 24.3 Å². The summed E-state index contributed by atoms with van der Waals surface area (Å²) in [6, 6.07) is 6.70. The molecule has 142 valence electrons. The van der Waals surface area contributed by atoms with Gasteiger partial charge in [-0.1, -0.05) is 37.5 Å². The molecule has 2 fully saturated rings. The highest BCUT2D eigenvalue weighted by atomic mass is 16.5. The number of H-pyrrole nitrogens is 1. The quantitative estimate of drug-likeness (QED) is 0.837. The molecule has 1 aliphatic carbocycles. The Morgan fingerprint density at radius 2 is 1.85 bits per heavy atom. The van der Waals surface area contributed by atoms with Crippen molar-refractivity contribution in [2.24, 2.45) is 11.8 Å². The number of aromatic nitrogens is 2. The number of nitrogens with zero attached hydrogens (tertiary/aromatic N) is 2. The lowest BCUT2D eigenvalue weighted by molar-refractivity contribution is -0.137. The number of aromatic amines is 1. The Balaban J connectivity index is 1.40. The van der Waals surface area contributed by atoms with Crippen molar-refractivity contribution >= 4 is 22.6 Å². The third kappa shape index (κ3) is 3.59. The van der Waals surface area contributed by atoms with E-state index < -0.39 is 5.97 Å². The number of likely N-dealkylation sites (tertiary alicyclic amines) is 1.